The van der Waals surface area contributed by atoms with E-state index < -0.39 is 0 Å². The van der Waals surface area contributed by atoms with Crippen LogP contribution in [0.1, 0.15) is 5.56 Å². The molecule has 2 aromatic carbocycles. The van der Waals surface area contributed by atoms with Gasteiger partial charge < -0.3 is 0 Å². The average molecular weight is 327 g/mol. The number of hydrogen-bond acceptors (Lipinski definition) is 2. The molecule has 0 aliphatic rings. The quantitative estimate of drug-likeness (QED) is 0.545. The van der Waals surface area contributed by atoms with Gasteiger partial charge >= 0.3 is 113 Å². The molecule has 1 heterocycles. The second kappa shape index (κ2) is 4.27. The maximum atomic E-state index is 9.34. The molecule has 3 heteroatoms. The van der Waals surface area contributed by atoms with E-state index in [1.54, 1.807) is 0 Å². The molecule has 3 aromatic rings. The molecule has 0 fully saturated rings. The number of rotatable bonds is 1. The van der Waals surface area contributed by atoms with Crippen molar-refractivity contribution in [3.8, 4) is 0 Å². The summed E-state index contributed by atoms with van der Waals surface area (Å²) in [6.45, 7) is 0.0969. The predicted octanol–water partition coefficient (Wildman–Crippen LogP) is 1.67. The molecule has 2 nitrogen and oxygen atoms in total. The van der Waals surface area contributed by atoms with Gasteiger partial charge in [-0.05, 0) is 0 Å². The number of nitrogens with zero attached hydrogens (tertiary/aromatic N) is 1. The zero-order chi connectivity index (χ0) is 11.8. The van der Waals surface area contributed by atoms with Crippen molar-refractivity contribution in [2.75, 3.05) is 0 Å². The second-order valence-electron chi connectivity index (χ2n) is 4.00. The van der Waals surface area contributed by atoms with E-state index >= 15 is 0 Å². The molecule has 3 radical (unpaired) electrons. The van der Waals surface area contributed by atoms with E-state index in [2.05, 4.69) is 17.1 Å². The molecule has 0 amide bonds. The Morgan fingerprint density at radius 1 is 1.12 bits per heavy atom. The van der Waals surface area contributed by atoms with Crippen molar-refractivity contribution in [2.24, 2.45) is 0 Å². The summed E-state index contributed by atoms with van der Waals surface area (Å²) in [4.78, 5) is 4.48. The summed E-state index contributed by atoms with van der Waals surface area (Å²) in [6.07, 6.45) is 1.91. The molecule has 0 bridgehead atoms. The first-order chi connectivity index (χ1) is 8.31. The van der Waals surface area contributed by atoms with Crippen molar-refractivity contribution < 1.29 is 5.11 Å². The summed E-state index contributed by atoms with van der Waals surface area (Å²) >= 11 is 1.31. The van der Waals surface area contributed by atoms with Gasteiger partial charge in [0.25, 0.3) is 0 Å². The minimum atomic E-state index is 0.0969. The fourth-order valence-corrected chi connectivity index (χ4v) is 3.34. The number of hydrogen-bond donors (Lipinski definition) is 1. The number of pyridine rings is 1. The van der Waals surface area contributed by atoms with E-state index in [1.807, 2.05) is 30.5 Å². The fraction of sp³-hybridized carbons (Fsp3) is 0.0714. The third kappa shape index (κ3) is 1.72. The van der Waals surface area contributed by atoms with E-state index in [0.717, 1.165) is 16.5 Å². The van der Waals surface area contributed by atoms with E-state index in [1.165, 1.54) is 36.9 Å². The van der Waals surface area contributed by atoms with Crippen molar-refractivity contribution in [1.29, 1.82) is 0 Å². The summed E-state index contributed by atoms with van der Waals surface area (Å²) in [5.74, 6) is 0. The molecule has 0 spiro atoms. The molecule has 81 valence electrons. The maximum absolute atomic E-state index is 9.34. The number of aliphatic hydroxyl groups excluding tert-OH is 1. The summed E-state index contributed by atoms with van der Waals surface area (Å²) in [5, 5.41) is 12.9. The van der Waals surface area contributed by atoms with Crippen LogP contribution in [0.15, 0.2) is 42.6 Å². The molecule has 0 saturated carbocycles. The van der Waals surface area contributed by atoms with Crippen LogP contribution in [0.5, 0.6) is 0 Å². The molecule has 0 saturated heterocycles. The zero-order valence-electron chi connectivity index (χ0n) is 9.14. The van der Waals surface area contributed by atoms with Gasteiger partial charge in [-0.3, -0.25) is 0 Å². The van der Waals surface area contributed by atoms with Gasteiger partial charge in [0.1, 0.15) is 0 Å². The minimum absolute atomic E-state index is 0.0969. The second-order valence-corrected chi connectivity index (χ2v) is 5.42. The van der Waals surface area contributed by atoms with Gasteiger partial charge in [-0.1, -0.05) is 0 Å². The third-order valence-corrected chi connectivity index (χ3v) is 4.64. The fourth-order valence-electron chi connectivity index (χ4n) is 2.12. The summed E-state index contributed by atoms with van der Waals surface area (Å²) < 4.78 is 1.21. The monoisotopic (exact) mass is 328 g/mol. The van der Waals surface area contributed by atoms with Crippen LogP contribution in [0, 0.1) is 0 Å². The van der Waals surface area contributed by atoms with Gasteiger partial charge in [0.2, 0.25) is 0 Å². The van der Waals surface area contributed by atoms with Crippen LogP contribution < -0.4 is 3.58 Å². The van der Waals surface area contributed by atoms with Crippen molar-refractivity contribution >= 4 is 47.8 Å². The van der Waals surface area contributed by atoms with E-state index in [9.17, 15) is 5.11 Å². The Hall–Kier alpha value is -1.13. The molecular formula is C14H10NOSn. The molecule has 1 aromatic heterocycles. The van der Waals surface area contributed by atoms with Crippen LogP contribution >= 0.6 is 0 Å². The predicted molar refractivity (Wildman–Crippen MR) is 70.6 cm³/mol. The molecule has 1 N–H and O–H groups in total. The van der Waals surface area contributed by atoms with Gasteiger partial charge in [-0.25, -0.2) is 0 Å². The Morgan fingerprint density at radius 3 is 2.76 bits per heavy atom. The van der Waals surface area contributed by atoms with Crippen molar-refractivity contribution in [1.82, 2.24) is 4.98 Å². The van der Waals surface area contributed by atoms with Crippen LogP contribution in [0.4, 0.5) is 0 Å². The molecular weight excluding hydrogens is 317 g/mol. The average Bonchev–Trinajstić information content (AvgIpc) is 2.38. The topological polar surface area (TPSA) is 33.1 Å². The van der Waals surface area contributed by atoms with E-state index in [-0.39, 0.29) is 6.61 Å². The van der Waals surface area contributed by atoms with Crippen LogP contribution in [0.25, 0.3) is 21.7 Å². The van der Waals surface area contributed by atoms with Crippen molar-refractivity contribution in [3.63, 3.8) is 0 Å². The Kier molecular flexibility index (Phi) is 2.76. The Balaban J connectivity index is 2.55. The first kappa shape index (κ1) is 11.0. The van der Waals surface area contributed by atoms with Gasteiger partial charge in [-0.2, -0.15) is 0 Å². The first-order valence-electron chi connectivity index (χ1n) is 5.43. The number of aromatic nitrogens is 1. The summed E-state index contributed by atoms with van der Waals surface area (Å²) in [6, 6.07) is 12.2. The van der Waals surface area contributed by atoms with Crippen molar-refractivity contribution in [2.45, 2.75) is 6.61 Å². The van der Waals surface area contributed by atoms with Gasteiger partial charge in [0.15, 0.2) is 0 Å². The zero-order valence-corrected chi connectivity index (χ0v) is 12.0. The Morgan fingerprint density at radius 2 is 1.94 bits per heavy atom. The molecule has 0 atom stereocenters. The number of aliphatic hydroxyl groups is 1. The number of benzene rings is 2. The normalized spacial score (nSPS) is 11.2. The Labute approximate surface area is 112 Å². The summed E-state index contributed by atoms with van der Waals surface area (Å²) in [7, 11) is 0. The van der Waals surface area contributed by atoms with Crippen molar-refractivity contribution in [3.05, 3.63) is 48.2 Å². The number of fused-ring (bicyclic) bond motifs is 3. The first-order valence-corrected chi connectivity index (χ1v) is 6.86. The molecule has 17 heavy (non-hydrogen) atoms. The van der Waals surface area contributed by atoms with Gasteiger partial charge in [-0.15, -0.1) is 0 Å². The molecule has 0 aliphatic carbocycles. The van der Waals surface area contributed by atoms with Crippen LogP contribution in [0.3, 0.4) is 0 Å². The summed E-state index contributed by atoms with van der Waals surface area (Å²) in [5.41, 5.74) is 2.02. The van der Waals surface area contributed by atoms with Crippen LogP contribution in [0.2, 0.25) is 0 Å². The van der Waals surface area contributed by atoms with Gasteiger partial charge in [0, 0.05) is 0 Å². The SMILES string of the molecule is OCc1ccc2ncc3ccccc3c2[c]1[Sn]. The molecule has 3 rings (SSSR count). The van der Waals surface area contributed by atoms with E-state index in [4.69, 9.17) is 0 Å². The molecule has 0 unspecified atom stereocenters. The Bertz CT molecular complexity index is 709. The standard InChI is InChI=1S/C14H10NO.Sn/c16-9-10-5-6-14-13(7-10)12-4-2-1-3-11(12)8-15-14;/h1-6,8,16H,9H2;. The van der Waals surface area contributed by atoms with Crippen LogP contribution in [-0.4, -0.2) is 32.6 Å². The van der Waals surface area contributed by atoms with Crippen LogP contribution in [-0.2, 0) is 6.61 Å². The van der Waals surface area contributed by atoms with Gasteiger partial charge in [0.05, 0.1) is 0 Å². The molecule has 0 aliphatic heterocycles. The van der Waals surface area contributed by atoms with E-state index in [0.29, 0.717) is 0 Å². The third-order valence-electron chi connectivity index (χ3n) is 3.01.